The van der Waals surface area contributed by atoms with Gasteiger partial charge in [0.1, 0.15) is 5.76 Å². The van der Waals surface area contributed by atoms with E-state index in [9.17, 15) is 13.2 Å². The Labute approximate surface area is 162 Å². The number of sulfone groups is 1. The topological polar surface area (TPSA) is 79.6 Å². The quantitative estimate of drug-likeness (QED) is 0.781. The van der Waals surface area contributed by atoms with Crippen LogP contribution in [0.2, 0.25) is 10.0 Å². The fourth-order valence-corrected chi connectivity index (χ4v) is 5.16. The highest BCUT2D eigenvalue weighted by atomic mass is 35.5. The summed E-state index contributed by atoms with van der Waals surface area (Å²) < 4.78 is 29.0. The Balaban J connectivity index is 1.71. The molecule has 140 valence electrons. The summed E-state index contributed by atoms with van der Waals surface area (Å²) in [4.78, 5) is 14.3. The lowest BCUT2D eigenvalue weighted by Gasteiger charge is -2.26. The molecule has 1 aromatic heterocycles. The van der Waals surface area contributed by atoms with Crippen LogP contribution in [0.25, 0.3) is 0 Å². The molecular formula is C17H18Cl2N2O4S. The van der Waals surface area contributed by atoms with Gasteiger partial charge in [0, 0.05) is 11.1 Å². The van der Waals surface area contributed by atoms with Crippen LogP contribution in [0.15, 0.2) is 41.0 Å². The van der Waals surface area contributed by atoms with Crippen LogP contribution in [0.1, 0.15) is 12.2 Å². The third kappa shape index (κ3) is 5.01. The highest BCUT2D eigenvalue weighted by molar-refractivity contribution is 7.91. The molecule has 6 nitrogen and oxygen atoms in total. The van der Waals surface area contributed by atoms with E-state index >= 15 is 0 Å². The van der Waals surface area contributed by atoms with Crippen molar-refractivity contribution >= 4 is 44.6 Å². The zero-order chi connectivity index (χ0) is 18.7. The smallest absolute Gasteiger partial charge is 0.238 e. The first-order chi connectivity index (χ1) is 12.3. The minimum Gasteiger partial charge on any atom is -0.468 e. The number of hydrogen-bond acceptors (Lipinski definition) is 5. The first kappa shape index (κ1) is 19.2. The van der Waals surface area contributed by atoms with E-state index in [1.54, 1.807) is 36.6 Å². The van der Waals surface area contributed by atoms with E-state index in [4.69, 9.17) is 27.6 Å². The monoisotopic (exact) mass is 416 g/mol. The lowest BCUT2D eigenvalue weighted by atomic mass is 10.2. The standard InChI is InChI=1S/C17H18Cl2N2O4S/c18-12-3-4-16(15(19)8-12)20-17(22)10-21(9-14-2-1-6-25-14)13-5-7-26(23,24)11-13/h1-4,6,8,13H,5,7,9-11H2,(H,20,22). The summed E-state index contributed by atoms with van der Waals surface area (Å²) in [5.74, 6) is 0.566. The molecular weight excluding hydrogens is 399 g/mol. The van der Waals surface area contributed by atoms with E-state index in [-0.39, 0.29) is 30.0 Å². The number of furan rings is 1. The van der Waals surface area contributed by atoms with Crippen molar-refractivity contribution in [3.63, 3.8) is 0 Å². The molecule has 3 rings (SSSR count). The minimum absolute atomic E-state index is 0.0276. The molecule has 1 atom stereocenters. The molecule has 1 aliphatic heterocycles. The Morgan fingerprint density at radius 3 is 2.73 bits per heavy atom. The van der Waals surface area contributed by atoms with Crippen molar-refractivity contribution < 1.29 is 17.6 Å². The number of carbonyl (C=O) groups is 1. The van der Waals surface area contributed by atoms with Gasteiger partial charge in [0.25, 0.3) is 0 Å². The van der Waals surface area contributed by atoms with Crippen LogP contribution in [0.3, 0.4) is 0 Å². The maximum atomic E-state index is 12.5. The van der Waals surface area contributed by atoms with Crippen LogP contribution < -0.4 is 5.32 Å². The maximum Gasteiger partial charge on any atom is 0.238 e. The van der Waals surface area contributed by atoms with Gasteiger partial charge in [0.15, 0.2) is 9.84 Å². The van der Waals surface area contributed by atoms with E-state index in [0.29, 0.717) is 34.5 Å². The average molecular weight is 417 g/mol. The van der Waals surface area contributed by atoms with Crippen molar-refractivity contribution in [2.45, 2.75) is 19.0 Å². The Morgan fingerprint density at radius 2 is 2.12 bits per heavy atom. The number of benzene rings is 1. The average Bonchev–Trinajstić information content (AvgIpc) is 3.19. The Bertz CT molecular complexity index is 884. The number of nitrogens with zero attached hydrogens (tertiary/aromatic N) is 1. The second kappa shape index (κ2) is 8.00. The van der Waals surface area contributed by atoms with E-state index < -0.39 is 9.84 Å². The van der Waals surface area contributed by atoms with Gasteiger partial charge in [-0.1, -0.05) is 23.2 Å². The van der Waals surface area contributed by atoms with Crippen LogP contribution in [-0.2, 0) is 21.2 Å². The molecule has 26 heavy (non-hydrogen) atoms. The Kier molecular flexibility index (Phi) is 5.92. The molecule has 0 aliphatic carbocycles. The Morgan fingerprint density at radius 1 is 1.31 bits per heavy atom. The van der Waals surface area contributed by atoms with Gasteiger partial charge in [-0.05, 0) is 36.8 Å². The van der Waals surface area contributed by atoms with Crippen LogP contribution in [0.5, 0.6) is 0 Å². The molecule has 2 aromatic rings. The summed E-state index contributed by atoms with van der Waals surface area (Å²) in [5, 5.41) is 3.56. The normalized spacial score (nSPS) is 19.0. The summed E-state index contributed by atoms with van der Waals surface area (Å²) in [6.07, 6.45) is 2.05. The highest BCUT2D eigenvalue weighted by Crippen LogP contribution is 2.26. The minimum atomic E-state index is -3.07. The van der Waals surface area contributed by atoms with Gasteiger partial charge in [-0.2, -0.15) is 0 Å². The lowest BCUT2D eigenvalue weighted by molar-refractivity contribution is -0.118. The molecule has 1 N–H and O–H groups in total. The molecule has 1 aliphatic rings. The molecule has 1 unspecified atom stereocenters. The second-order valence-electron chi connectivity index (χ2n) is 6.21. The summed E-state index contributed by atoms with van der Waals surface area (Å²) >= 11 is 11.9. The number of rotatable bonds is 6. The molecule has 1 saturated heterocycles. The zero-order valence-electron chi connectivity index (χ0n) is 13.8. The molecule has 0 bridgehead atoms. The Hall–Kier alpha value is -1.54. The van der Waals surface area contributed by atoms with Gasteiger partial charge in [-0.25, -0.2) is 8.42 Å². The van der Waals surface area contributed by atoms with E-state index in [2.05, 4.69) is 5.32 Å². The van der Waals surface area contributed by atoms with Crippen molar-refractivity contribution in [1.29, 1.82) is 0 Å². The van der Waals surface area contributed by atoms with Gasteiger partial charge in [0.2, 0.25) is 5.91 Å². The van der Waals surface area contributed by atoms with E-state index in [0.717, 1.165) is 0 Å². The first-order valence-corrected chi connectivity index (χ1v) is 10.6. The van der Waals surface area contributed by atoms with Crippen molar-refractivity contribution in [3.05, 3.63) is 52.4 Å². The number of amides is 1. The third-order valence-corrected chi connectivity index (χ3v) is 6.51. The zero-order valence-corrected chi connectivity index (χ0v) is 16.1. The van der Waals surface area contributed by atoms with Gasteiger partial charge in [-0.15, -0.1) is 0 Å². The van der Waals surface area contributed by atoms with Crippen molar-refractivity contribution in [2.24, 2.45) is 0 Å². The second-order valence-corrected chi connectivity index (χ2v) is 9.29. The first-order valence-electron chi connectivity index (χ1n) is 8.04. The van der Waals surface area contributed by atoms with Crippen LogP contribution in [0.4, 0.5) is 5.69 Å². The molecule has 0 spiro atoms. The predicted molar refractivity (Wildman–Crippen MR) is 101 cm³/mol. The van der Waals surface area contributed by atoms with Crippen LogP contribution in [0, 0.1) is 0 Å². The molecule has 9 heteroatoms. The number of halogens is 2. The van der Waals surface area contributed by atoms with Crippen molar-refractivity contribution in [1.82, 2.24) is 4.90 Å². The number of hydrogen-bond donors (Lipinski definition) is 1. The maximum absolute atomic E-state index is 12.5. The van der Waals surface area contributed by atoms with Crippen molar-refractivity contribution in [3.8, 4) is 0 Å². The van der Waals surface area contributed by atoms with Gasteiger partial charge < -0.3 is 9.73 Å². The van der Waals surface area contributed by atoms with E-state index in [1.165, 1.54) is 0 Å². The predicted octanol–water partition coefficient (Wildman–Crippen LogP) is 3.21. The molecule has 1 fully saturated rings. The van der Waals surface area contributed by atoms with Gasteiger partial charge in [-0.3, -0.25) is 9.69 Å². The number of anilines is 1. The van der Waals surface area contributed by atoms with E-state index in [1.807, 2.05) is 4.90 Å². The summed E-state index contributed by atoms with van der Waals surface area (Å²) in [7, 11) is -3.07. The summed E-state index contributed by atoms with van der Waals surface area (Å²) in [6.45, 7) is 0.384. The lowest BCUT2D eigenvalue weighted by Crippen LogP contribution is -2.41. The van der Waals surface area contributed by atoms with Crippen LogP contribution >= 0.6 is 23.2 Å². The molecule has 1 amide bonds. The highest BCUT2D eigenvalue weighted by Gasteiger charge is 2.33. The SMILES string of the molecule is O=C(CN(Cc1ccco1)C1CCS(=O)(=O)C1)Nc1ccc(Cl)cc1Cl. The fraction of sp³-hybridized carbons (Fsp3) is 0.353. The van der Waals surface area contributed by atoms with Crippen molar-refractivity contribution in [2.75, 3.05) is 23.4 Å². The molecule has 0 radical (unpaired) electrons. The third-order valence-electron chi connectivity index (χ3n) is 4.22. The van der Waals surface area contributed by atoms with Gasteiger partial charge in [0.05, 0.1) is 41.6 Å². The summed E-state index contributed by atoms with van der Waals surface area (Å²) in [6, 6.07) is 8.13. The summed E-state index contributed by atoms with van der Waals surface area (Å²) in [5.41, 5.74) is 0.457. The van der Waals surface area contributed by atoms with Gasteiger partial charge >= 0.3 is 0 Å². The molecule has 1 aromatic carbocycles. The molecule has 2 heterocycles. The fourth-order valence-electron chi connectivity index (χ4n) is 2.95. The molecule has 0 saturated carbocycles. The number of nitrogens with one attached hydrogen (secondary N) is 1. The number of carbonyl (C=O) groups excluding carboxylic acids is 1. The largest absolute Gasteiger partial charge is 0.468 e. The van der Waals surface area contributed by atoms with Crippen LogP contribution in [-0.4, -0.2) is 43.3 Å².